The van der Waals surface area contributed by atoms with Gasteiger partial charge >= 0.3 is 0 Å². The fraction of sp³-hybridized carbons (Fsp3) is 0.385. The summed E-state index contributed by atoms with van der Waals surface area (Å²) in [6.45, 7) is 1.40. The van der Waals surface area contributed by atoms with Gasteiger partial charge in [-0.25, -0.2) is 0 Å². The van der Waals surface area contributed by atoms with Gasteiger partial charge in [-0.15, -0.1) is 0 Å². The second kappa shape index (κ2) is 5.10. The quantitative estimate of drug-likeness (QED) is 0.601. The lowest BCUT2D eigenvalue weighted by Gasteiger charge is -2.25. The first-order valence-corrected chi connectivity index (χ1v) is 5.40. The summed E-state index contributed by atoms with van der Waals surface area (Å²) < 4.78 is 5.54. The van der Waals surface area contributed by atoms with Gasteiger partial charge in [-0.2, -0.15) is 0 Å². The zero-order valence-corrected chi connectivity index (χ0v) is 8.86. The molecule has 0 spiro atoms. The van der Waals surface area contributed by atoms with Gasteiger partial charge in [-0.05, 0) is 18.4 Å². The van der Waals surface area contributed by atoms with Gasteiger partial charge in [0.2, 0.25) is 0 Å². The molecule has 1 fully saturated rings. The van der Waals surface area contributed by atoms with E-state index >= 15 is 0 Å². The minimum Gasteiger partial charge on any atom is -0.373 e. The van der Waals surface area contributed by atoms with Gasteiger partial charge in [0.15, 0.2) is 0 Å². The third-order valence-electron chi connectivity index (χ3n) is 2.65. The van der Waals surface area contributed by atoms with E-state index in [1.54, 1.807) is 0 Å². The summed E-state index contributed by atoms with van der Waals surface area (Å²) in [5, 5.41) is 0. The maximum Gasteiger partial charge on any atom is 0.0721 e. The summed E-state index contributed by atoms with van der Waals surface area (Å²) >= 11 is 0. The monoisotopic (exact) mass is 203 g/mol. The molecule has 0 amide bonds. The summed E-state index contributed by atoms with van der Waals surface area (Å²) in [6, 6.07) is 10.6. The first-order valence-electron chi connectivity index (χ1n) is 5.40. The average Bonchev–Trinajstić information content (AvgIpc) is 2.23. The van der Waals surface area contributed by atoms with Crippen LogP contribution in [0.1, 0.15) is 18.4 Å². The second-order valence-corrected chi connectivity index (χ2v) is 4.03. The van der Waals surface area contributed by atoms with E-state index in [2.05, 4.69) is 18.2 Å². The lowest BCUT2D eigenvalue weighted by molar-refractivity contribution is 0.147. The van der Waals surface area contributed by atoms with Crippen LogP contribution in [0.2, 0.25) is 0 Å². The highest BCUT2D eigenvalue weighted by atomic mass is 16.5. The van der Waals surface area contributed by atoms with Gasteiger partial charge in [0.25, 0.3) is 0 Å². The summed E-state index contributed by atoms with van der Waals surface area (Å²) in [4.78, 5) is 0. The van der Waals surface area contributed by atoms with Crippen molar-refractivity contribution in [2.24, 2.45) is 5.73 Å². The molecule has 0 radical (unpaired) electrons. The van der Waals surface area contributed by atoms with Crippen molar-refractivity contribution in [3.05, 3.63) is 47.5 Å². The summed E-state index contributed by atoms with van der Waals surface area (Å²) in [6.07, 6.45) is 4.26. The molecule has 0 atom stereocenters. The fourth-order valence-electron chi connectivity index (χ4n) is 1.71. The van der Waals surface area contributed by atoms with Crippen LogP contribution in [-0.2, 0) is 11.3 Å². The summed E-state index contributed by atoms with van der Waals surface area (Å²) in [7, 11) is 0. The lowest BCUT2D eigenvalue weighted by Crippen LogP contribution is -2.30. The molecular weight excluding hydrogens is 186 g/mol. The van der Waals surface area contributed by atoms with Crippen LogP contribution >= 0.6 is 0 Å². The largest absolute Gasteiger partial charge is 0.373 e. The molecule has 1 saturated carbocycles. The van der Waals surface area contributed by atoms with E-state index in [1.807, 2.05) is 18.2 Å². The molecule has 15 heavy (non-hydrogen) atoms. The van der Waals surface area contributed by atoms with Crippen molar-refractivity contribution in [2.45, 2.75) is 25.5 Å². The second-order valence-electron chi connectivity index (χ2n) is 4.03. The van der Waals surface area contributed by atoms with Crippen LogP contribution in [0.4, 0.5) is 0 Å². The van der Waals surface area contributed by atoms with Crippen LogP contribution in [0.5, 0.6) is 0 Å². The van der Waals surface area contributed by atoms with Gasteiger partial charge in [0.05, 0.1) is 13.2 Å². The zero-order valence-electron chi connectivity index (χ0n) is 8.86. The molecule has 2 heteroatoms. The Labute approximate surface area is 90.7 Å². The van der Waals surface area contributed by atoms with Crippen molar-refractivity contribution in [3.63, 3.8) is 0 Å². The van der Waals surface area contributed by atoms with Crippen LogP contribution in [0, 0.1) is 0 Å². The highest BCUT2D eigenvalue weighted by Crippen LogP contribution is 2.23. The third-order valence-corrected chi connectivity index (χ3v) is 2.65. The van der Waals surface area contributed by atoms with Crippen molar-refractivity contribution >= 4 is 0 Å². The molecule has 1 aromatic rings. The lowest BCUT2D eigenvalue weighted by atomic mass is 9.87. The van der Waals surface area contributed by atoms with Crippen LogP contribution < -0.4 is 5.73 Å². The Morgan fingerprint density at radius 3 is 2.67 bits per heavy atom. The molecular formula is C13H17NO. The minimum absolute atomic E-state index is 0.394. The van der Waals surface area contributed by atoms with Gasteiger partial charge < -0.3 is 10.5 Å². The van der Waals surface area contributed by atoms with Gasteiger partial charge in [-0.3, -0.25) is 0 Å². The maximum atomic E-state index is 5.68. The predicted octanol–water partition coefficient (Wildman–Crippen LogP) is 2.25. The molecule has 0 saturated heterocycles. The molecule has 1 aliphatic rings. The van der Waals surface area contributed by atoms with Crippen molar-refractivity contribution < 1.29 is 4.74 Å². The standard InChI is InChI=1S/C13H17NO/c14-13-8-12(9-13)6-7-15-10-11-4-2-1-3-5-11/h1-6,13H,7-10,14H2. The fourth-order valence-corrected chi connectivity index (χ4v) is 1.71. The minimum atomic E-state index is 0.394. The Kier molecular flexibility index (Phi) is 3.54. The number of rotatable bonds is 4. The van der Waals surface area contributed by atoms with E-state index in [4.69, 9.17) is 10.5 Å². The summed E-state index contributed by atoms with van der Waals surface area (Å²) in [5.74, 6) is 0. The van der Waals surface area contributed by atoms with Crippen LogP contribution in [-0.4, -0.2) is 12.6 Å². The zero-order chi connectivity index (χ0) is 10.5. The van der Waals surface area contributed by atoms with Crippen LogP contribution in [0.25, 0.3) is 0 Å². The smallest absolute Gasteiger partial charge is 0.0721 e. The number of nitrogens with two attached hydrogens (primary N) is 1. The molecule has 1 aliphatic carbocycles. The Morgan fingerprint density at radius 1 is 1.27 bits per heavy atom. The topological polar surface area (TPSA) is 35.2 Å². The molecule has 0 aromatic heterocycles. The van der Waals surface area contributed by atoms with Crippen LogP contribution in [0.15, 0.2) is 42.0 Å². The third kappa shape index (κ3) is 3.18. The molecule has 0 aliphatic heterocycles. The van der Waals surface area contributed by atoms with E-state index in [-0.39, 0.29) is 0 Å². The van der Waals surface area contributed by atoms with E-state index in [1.165, 1.54) is 11.1 Å². The highest BCUT2D eigenvalue weighted by molar-refractivity contribution is 5.16. The Bertz CT molecular complexity index is 324. The molecule has 80 valence electrons. The Hall–Kier alpha value is -1.12. The normalized spacial score (nSPS) is 19.8. The molecule has 0 unspecified atom stereocenters. The van der Waals surface area contributed by atoms with Crippen molar-refractivity contribution in [2.75, 3.05) is 6.61 Å². The molecule has 0 bridgehead atoms. The van der Waals surface area contributed by atoms with E-state index < -0.39 is 0 Å². The Morgan fingerprint density at radius 2 is 2.00 bits per heavy atom. The SMILES string of the molecule is NC1CC(=CCOCc2ccccc2)C1. The molecule has 0 heterocycles. The Balaban J connectivity index is 1.66. The van der Waals surface area contributed by atoms with Crippen LogP contribution in [0.3, 0.4) is 0 Å². The first kappa shape index (κ1) is 10.4. The number of hydrogen-bond acceptors (Lipinski definition) is 2. The molecule has 1 aromatic carbocycles. The number of benzene rings is 1. The number of ether oxygens (including phenoxy) is 1. The summed E-state index contributed by atoms with van der Waals surface area (Å²) in [5.41, 5.74) is 8.35. The van der Waals surface area contributed by atoms with Crippen molar-refractivity contribution in [1.29, 1.82) is 0 Å². The molecule has 2 rings (SSSR count). The first-order chi connectivity index (χ1) is 7.34. The van der Waals surface area contributed by atoms with Gasteiger partial charge in [0.1, 0.15) is 0 Å². The van der Waals surface area contributed by atoms with Crippen molar-refractivity contribution in [3.8, 4) is 0 Å². The van der Waals surface area contributed by atoms with E-state index in [9.17, 15) is 0 Å². The average molecular weight is 203 g/mol. The molecule has 2 N–H and O–H groups in total. The van der Waals surface area contributed by atoms with E-state index in [0.29, 0.717) is 19.3 Å². The predicted molar refractivity (Wildman–Crippen MR) is 61.4 cm³/mol. The van der Waals surface area contributed by atoms with Gasteiger partial charge in [0, 0.05) is 6.04 Å². The highest BCUT2D eigenvalue weighted by Gasteiger charge is 2.17. The van der Waals surface area contributed by atoms with Crippen molar-refractivity contribution in [1.82, 2.24) is 0 Å². The van der Waals surface area contributed by atoms with E-state index in [0.717, 1.165) is 12.8 Å². The molecule has 2 nitrogen and oxygen atoms in total. The maximum absolute atomic E-state index is 5.68. The number of hydrogen-bond donors (Lipinski definition) is 1. The van der Waals surface area contributed by atoms with Gasteiger partial charge in [-0.1, -0.05) is 42.0 Å².